The largest absolute Gasteiger partial charge is 0.336 e. The third kappa shape index (κ3) is 6.58. The zero-order chi connectivity index (χ0) is 18.8. The molecule has 2 rings (SSSR count). The lowest BCUT2D eigenvalue weighted by Gasteiger charge is -2.10. The topological polar surface area (TPSA) is 82.3 Å². The highest BCUT2D eigenvalue weighted by atomic mass is 32.1. The van der Waals surface area contributed by atoms with Crippen LogP contribution >= 0.6 is 24.4 Å². The van der Waals surface area contributed by atoms with Gasteiger partial charge in [-0.05, 0) is 0 Å². The normalized spacial score (nSPS) is 9.69. The Morgan fingerprint density at radius 2 is 1.00 bits per heavy atom. The molecule has 8 heteroatoms. The molecular formula is C18H18N4O2S2. The molecule has 0 saturated carbocycles. The van der Waals surface area contributed by atoms with Crippen LogP contribution in [-0.2, 0) is 0 Å². The second-order valence-electron chi connectivity index (χ2n) is 5.15. The zero-order valence-corrected chi connectivity index (χ0v) is 15.5. The van der Waals surface area contributed by atoms with Crippen molar-refractivity contribution in [1.82, 2.24) is 21.3 Å². The molecule has 26 heavy (non-hydrogen) atoms. The van der Waals surface area contributed by atoms with Crippen LogP contribution in [0.4, 0.5) is 9.59 Å². The summed E-state index contributed by atoms with van der Waals surface area (Å²) in [5.74, 6) is 0. The van der Waals surface area contributed by atoms with E-state index in [-0.39, 0.29) is 13.1 Å². The second kappa shape index (κ2) is 10.2. The second-order valence-corrected chi connectivity index (χ2v) is 5.97. The molecule has 0 aliphatic carbocycles. The van der Waals surface area contributed by atoms with Crippen LogP contribution in [0.3, 0.4) is 0 Å². The summed E-state index contributed by atoms with van der Waals surface area (Å²) in [7, 11) is 0. The highest BCUT2D eigenvalue weighted by Crippen LogP contribution is 1.99. The van der Waals surface area contributed by atoms with Crippen molar-refractivity contribution in [3.8, 4) is 0 Å². The Hall–Kier alpha value is -2.84. The summed E-state index contributed by atoms with van der Waals surface area (Å²) >= 11 is 10.3. The quantitative estimate of drug-likeness (QED) is 0.470. The predicted octanol–water partition coefficient (Wildman–Crippen LogP) is 2.34. The van der Waals surface area contributed by atoms with Gasteiger partial charge in [0.05, 0.1) is 0 Å². The van der Waals surface area contributed by atoms with E-state index < -0.39 is 12.1 Å². The molecule has 0 spiro atoms. The van der Waals surface area contributed by atoms with E-state index in [4.69, 9.17) is 24.4 Å². The van der Waals surface area contributed by atoms with Crippen molar-refractivity contribution in [2.45, 2.75) is 0 Å². The van der Waals surface area contributed by atoms with E-state index in [2.05, 4.69) is 21.3 Å². The number of hydrogen-bond donors (Lipinski definition) is 4. The first-order valence-corrected chi connectivity index (χ1v) is 8.66. The molecule has 4 N–H and O–H groups in total. The van der Waals surface area contributed by atoms with E-state index in [0.29, 0.717) is 9.98 Å². The van der Waals surface area contributed by atoms with Gasteiger partial charge in [0.15, 0.2) is 0 Å². The van der Waals surface area contributed by atoms with Crippen LogP contribution in [0.5, 0.6) is 0 Å². The average Bonchev–Trinajstić information content (AvgIpc) is 2.66. The summed E-state index contributed by atoms with van der Waals surface area (Å²) in [4.78, 5) is 24.2. The Balaban J connectivity index is 1.63. The Bertz CT molecular complexity index is 715. The van der Waals surface area contributed by atoms with Crippen LogP contribution in [0.25, 0.3) is 0 Å². The number of carbonyl (C=O) groups is 2. The first kappa shape index (κ1) is 19.5. The predicted molar refractivity (Wildman–Crippen MR) is 109 cm³/mol. The van der Waals surface area contributed by atoms with Crippen LogP contribution in [0, 0.1) is 0 Å². The fourth-order valence-electron chi connectivity index (χ4n) is 1.97. The van der Waals surface area contributed by atoms with E-state index >= 15 is 0 Å². The third-order valence-electron chi connectivity index (χ3n) is 3.22. The number of benzene rings is 2. The number of thiocarbonyl (C=S) groups is 2. The van der Waals surface area contributed by atoms with Gasteiger partial charge in [-0.2, -0.15) is 0 Å². The molecule has 0 atom stereocenters. The maximum Gasteiger partial charge on any atom is 0.319 e. The van der Waals surface area contributed by atoms with Crippen molar-refractivity contribution in [2.75, 3.05) is 13.1 Å². The Labute approximate surface area is 162 Å². The maximum absolute atomic E-state index is 11.8. The monoisotopic (exact) mass is 386 g/mol. The van der Waals surface area contributed by atoms with Gasteiger partial charge in [0.2, 0.25) is 0 Å². The van der Waals surface area contributed by atoms with Crippen LogP contribution < -0.4 is 21.3 Å². The third-order valence-corrected chi connectivity index (χ3v) is 3.90. The minimum atomic E-state index is -0.430. The van der Waals surface area contributed by atoms with Crippen molar-refractivity contribution in [3.63, 3.8) is 0 Å². The minimum Gasteiger partial charge on any atom is -0.336 e. The molecule has 0 aliphatic rings. The number of nitrogens with one attached hydrogen (secondary N) is 4. The molecule has 2 aromatic rings. The summed E-state index contributed by atoms with van der Waals surface area (Å²) < 4.78 is 0. The van der Waals surface area contributed by atoms with E-state index in [9.17, 15) is 9.59 Å². The van der Waals surface area contributed by atoms with Gasteiger partial charge in [-0.3, -0.25) is 10.6 Å². The van der Waals surface area contributed by atoms with E-state index in [1.54, 1.807) is 0 Å². The number of urea groups is 2. The minimum absolute atomic E-state index is 0.245. The number of amides is 4. The van der Waals surface area contributed by atoms with Gasteiger partial charge in [-0.25, -0.2) is 9.59 Å². The molecular weight excluding hydrogens is 368 g/mol. The molecule has 0 heterocycles. The molecule has 6 nitrogen and oxygen atoms in total. The Morgan fingerprint density at radius 1 is 0.654 bits per heavy atom. The van der Waals surface area contributed by atoms with E-state index in [0.717, 1.165) is 11.1 Å². The molecule has 2 aromatic carbocycles. The molecule has 0 aliphatic heterocycles. The molecule has 4 amide bonds. The molecule has 0 fully saturated rings. The summed E-state index contributed by atoms with van der Waals surface area (Å²) in [6.07, 6.45) is 0. The van der Waals surface area contributed by atoms with Gasteiger partial charge in [0, 0.05) is 24.2 Å². The van der Waals surface area contributed by atoms with Crippen molar-refractivity contribution >= 4 is 46.5 Å². The van der Waals surface area contributed by atoms with E-state index in [1.807, 2.05) is 60.7 Å². The number of hydrogen-bond acceptors (Lipinski definition) is 4. The molecule has 0 radical (unpaired) electrons. The number of rotatable bonds is 5. The standard InChI is InChI=1S/C18H18N4O2S2/c23-17(21-15(25)13-7-3-1-4-8-13)19-11-12-20-18(24)22-16(26)14-9-5-2-6-10-14/h1-10H,11-12H2,(H2,19,21,23,25)(H2,20,22,24,26). The zero-order valence-electron chi connectivity index (χ0n) is 13.8. The molecule has 134 valence electrons. The summed E-state index contributed by atoms with van der Waals surface area (Å²) in [5, 5.41) is 10.4. The fourth-order valence-corrected chi connectivity index (χ4v) is 2.43. The van der Waals surface area contributed by atoms with Crippen molar-refractivity contribution in [1.29, 1.82) is 0 Å². The van der Waals surface area contributed by atoms with Crippen LogP contribution in [-0.4, -0.2) is 35.1 Å². The smallest absolute Gasteiger partial charge is 0.319 e. The van der Waals surface area contributed by atoms with Gasteiger partial charge < -0.3 is 10.6 Å². The van der Waals surface area contributed by atoms with Crippen LogP contribution in [0.1, 0.15) is 11.1 Å². The van der Waals surface area contributed by atoms with Gasteiger partial charge >= 0.3 is 12.1 Å². The Morgan fingerprint density at radius 3 is 1.35 bits per heavy atom. The van der Waals surface area contributed by atoms with Crippen LogP contribution in [0.2, 0.25) is 0 Å². The maximum atomic E-state index is 11.8. The first-order chi connectivity index (χ1) is 12.6. The van der Waals surface area contributed by atoms with Crippen molar-refractivity contribution < 1.29 is 9.59 Å². The molecule has 0 saturated heterocycles. The van der Waals surface area contributed by atoms with Gasteiger partial charge in [-0.1, -0.05) is 85.1 Å². The fraction of sp³-hybridized carbons (Fsp3) is 0.111. The molecule has 0 aromatic heterocycles. The molecule has 0 unspecified atom stereocenters. The lowest BCUT2D eigenvalue weighted by molar-refractivity contribution is 0.241. The highest BCUT2D eigenvalue weighted by Gasteiger charge is 2.07. The van der Waals surface area contributed by atoms with Gasteiger partial charge in [0.1, 0.15) is 9.98 Å². The Kier molecular flexibility index (Phi) is 7.66. The van der Waals surface area contributed by atoms with Crippen molar-refractivity contribution in [3.05, 3.63) is 71.8 Å². The van der Waals surface area contributed by atoms with Crippen molar-refractivity contribution in [2.24, 2.45) is 0 Å². The summed E-state index contributed by atoms with van der Waals surface area (Å²) in [5.41, 5.74) is 1.51. The summed E-state index contributed by atoms with van der Waals surface area (Å²) in [6, 6.07) is 17.5. The lowest BCUT2D eigenvalue weighted by atomic mass is 10.2. The summed E-state index contributed by atoms with van der Waals surface area (Å²) in [6.45, 7) is 0.490. The van der Waals surface area contributed by atoms with Crippen LogP contribution in [0.15, 0.2) is 60.7 Å². The van der Waals surface area contributed by atoms with Gasteiger partial charge in [0.25, 0.3) is 0 Å². The molecule has 0 bridgehead atoms. The SMILES string of the molecule is O=C(NCCNC(=O)NC(=S)c1ccccc1)NC(=S)c1ccccc1. The lowest BCUT2D eigenvalue weighted by Crippen LogP contribution is -2.45. The average molecular weight is 387 g/mol. The van der Waals surface area contributed by atoms with E-state index in [1.165, 1.54) is 0 Å². The first-order valence-electron chi connectivity index (χ1n) is 7.84. The van der Waals surface area contributed by atoms with Gasteiger partial charge in [-0.15, -0.1) is 0 Å². The highest BCUT2D eigenvalue weighted by molar-refractivity contribution is 7.81. The number of carbonyl (C=O) groups excluding carboxylic acids is 2.